The number of aliphatic hydroxyl groups excluding tert-OH is 1. The van der Waals surface area contributed by atoms with Crippen LogP contribution in [0.25, 0.3) is 11.5 Å². The summed E-state index contributed by atoms with van der Waals surface area (Å²) in [6.45, 7) is -0.305. The molecule has 0 aliphatic rings. The van der Waals surface area contributed by atoms with Crippen molar-refractivity contribution in [2.24, 2.45) is 21.5 Å². The molecule has 0 amide bonds. The van der Waals surface area contributed by atoms with Gasteiger partial charge in [-0.05, 0) is 12.1 Å². The second-order valence-electron chi connectivity index (χ2n) is 4.72. The number of thiazole rings is 1. The number of hydrogen-bond acceptors (Lipinski definition) is 8. The lowest BCUT2D eigenvalue weighted by atomic mass is 10.3. The number of nitro groups is 1. The number of aromatic nitrogens is 1. The Morgan fingerprint density at radius 3 is 2.96 bits per heavy atom. The standard InChI is InChI=1S/C13H17N7O4S/c14-12(15)19-13-18-9(7-25-13)10-2-1-8(24-10)5-17-11(6-20(22)23)16-3-4-21/h1-2,7,21H,3-6H2,(H,16,17)(H4,14,15,18,19). The van der Waals surface area contributed by atoms with Crippen molar-refractivity contribution in [1.29, 1.82) is 0 Å². The molecule has 0 aliphatic heterocycles. The first kappa shape index (κ1) is 18.4. The van der Waals surface area contributed by atoms with E-state index in [1.807, 2.05) is 0 Å². The number of hydrogen-bond donors (Lipinski definition) is 4. The van der Waals surface area contributed by atoms with E-state index < -0.39 is 11.5 Å². The van der Waals surface area contributed by atoms with Crippen molar-refractivity contribution in [1.82, 2.24) is 10.3 Å². The first-order valence-electron chi connectivity index (χ1n) is 7.12. The van der Waals surface area contributed by atoms with Crippen LogP contribution in [-0.2, 0) is 6.54 Å². The van der Waals surface area contributed by atoms with Crippen LogP contribution in [0.1, 0.15) is 5.76 Å². The Morgan fingerprint density at radius 1 is 1.48 bits per heavy atom. The third-order valence-corrected chi connectivity index (χ3v) is 3.51. The van der Waals surface area contributed by atoms with Gasteiger partial charge in [0.05, 0.1) is 13.2 Å². The molecule has 0 radical (unpaired) electrons. The van der Waals surface area contributed by atoms with Crippen molar-refractivity contribution < 1.29 is 14.4 Å². The van der Waals surface area contributed by atoms with Gasteiger partial charge in [0.2, 0.25) is 5.13 Å². The summed E-state index contributed by atoms with van der Waals surface area (Å²) in [7, 11) is 0. The predicted molar refractivity (Wildman–Crippen MR) is 93.4 cm³/mol. The molecular weight excluding hydrogens is 350 g/mol. The minimum Gasteiger partial charge on any atom is -0.457 e. The van der Waals surface area contributed by atoms with Gasteiger partial charge in [-0.25, -0.2) is 4.98 Å². The van der Waals surface area contributed by atoms with E-state index in [1.54, 1.807) is 17.5 Å². The highest BCUT2D eigenvalue weighted by atomic mass is 32.1. The van der Waals surface area contributed by atoms with E-state index in [2.05, 4.69) is 20.3 Å². The third-order valence-electron chi connectivity index (χ3n) is 2.78. The zero-order valence-electron chi connectivity index (χ0n) is 13.1. The second kappa shape index (κ2) is 8.75. The fourth-order valence-corrected chi connectivity index (χ4v) is 2.49. The molecule has 0 bridgehead atoms. The molecule has 0 spiro atoms. The maximum atomic E-state index is 10.6. The van der Waals surface area contributed by atoms with Gasteiger partial charge >= 0.3 is 0 Å². The Hall–Kier alpha value is -2.99. The average Bonchev–Trinajstić information content (AvgIpc) is 3.18. The summed E-state index contributed by atoms with van der Waals surface area (Å²) in [5, 5.41) is 24.3. The number of nitrogens with zero attached hydrogens (tertiary/aromatic N) is 4. The molecule has 0 aromatic carbocycles. The van der Waals surface area contributed by atoms with Gasteiger partial charge < -0.3 is 26.3 Å². The Balaban J connectivity index is 2.07. The van der Waals surface area contributed by atoms with Gasteiger partial charge in [-0.3, -0.25) is 15.1 Å². The summed E-state index contributed by atoms with van der Waals surface area (Å²) in [6, 6.07) is 3.42. The molecule has 0 saturated carbocycles. The Bertz CT molecular complexity index is 779. The molecular formula is C13H17N7O4S. The molecule has 0 saturated heterocycles. The zero-order valence-corrected chi connectivity index (χ0v) is 13.9. The van der Waals surface area contributed by atoms with Crippen LogP contribution in [0, 0.1) is 10.1 Å². The summed E-state index contributed by atoms with van der Waals surface area (Å²) < 4.78 is 5.63. The van der Waals surface area contributed by atoms with Crippen molar-refractivity contribution in [3.05, 3.63) is 33.4 Å². The topological polar surface area (TPSA) is 178 Å². The van der Waals surface area contributed by atoms with Gasteiger partial charge in [0, 0.05) is 16.8 Å². The SMILES string of the molecule is NC(N)=Nc1nc(-c2ccc(CN=C(C[N+](=O)[O-])NCCO)o2)cs1. The highest BCUT2D eigenvalue weighted by molar-refractivity contribution is 7.13. The highest BCUT2D eigenvalue weighted by Crippen LogP contribution is 2.28. The molecule has 2 aromatic rings. The van der Waals surface area contributed by atoms with Gasteiger partial charge in [0.25, 0.3) is 6.54 Å². The van der Waals surface area contributed by atoms with Crippen LogP contribution in [0.15, 0.2) is 31.9 Å². The van der Waals surface area contributed by atoms with Crippen LogP contribution < -0.4 is 16.8 Å². The molecule has 0 aliphatic carbocycles. The number of rotatable bonds is 8. The van der Waals surface area contributed by atoms with E-state index in [9.17, 15) is 10.1 Å². The molecule has 11 nitrogen and oxygen atoms in total. The number of nitrogens with one attached hydrogen (secondary N) is 1. The Labute approximate surface area is 146 Å². The monoisotopic (exact) mass is 367 g/mol. The second-order valence-corrected chi connectivity index (χ2v) is 5.56. The minimum absolute atomic E-state index is 0.0796. The summed E-state index contributed by atoms with van der Waals surface area (Å²) in [6.07, 6.45) is 0. The van der Waals surface area contributed by atoms with Crippen LogP contribution in [-0.4, -0.2) is 46.5 Å². The van der Waals surface area contributed by atoms with E-state index in [4.69, 9.17) is 21.0 Å². The van der Waals surface area contributed by atoms with Gasteiger partial charge in [-0.15, -0.1) is 11.3 Å². The largest absolute Gasteiger partial charge is 0.457 e. The summed E-state index contributed by atoms with van der Waals surface area (Å²) >= 11 is 1.26. The van der Waals surface area contributed by atoms with Crippen LogP contribution >= 0.6 is 11.3 Å². The zero-order chi connectivity index (χ0) is 18.2. The lowest BCUT2D eigenvalue weighted by Gasteiger charge is -2.04. The number of aliphatic imine (C=N–C) groups is 2. The van der Waals surface area contributed by atoms with Crippen LogP contribution in [0.4, 0.5) is 5.13 Å². The maximum Gasteiger partial charge on any atom is 0.259 e. The molecule has 134 valence electrons. The molecule has 2 heterocycles. The van der Waals surface area contributed by atoms with E-state index in [0.29, 0.717) is 22.3 Å². The summed E-state index contributed by atoms with van der Waals surface area (Å²) in [5.74, 6) is 1.11. The molecule has 6 N–H and O–H groups in total. The highest BCUT2D eigenvalue weighted by Gasteiger charge is 2.11. The molecule has 2 rings (SSSR count). The van der Waals surface area contributed by atoms with Crippen molar-refractivity contribution in [2.45, 2.75) is 6.54 Å². The quantitative estimate of drug-likeness (QED) is 0.219. The normalized spacial score (nSPS) is 11.3. The average molecular weight is 367 g/mol. The van der Waals surface area contributed by atoms with E-state index in [0.717, 1.165) is 0 Å². The predicted octanol–water partition coefficient (Wildman–Crippen LogP) is 0.0651. The molecule has 0 fully saturated rings. The number of guanidine groups is 1. The molecule has 0 unspecified atom stereocenters. The van der Waals surface area contributed by atoms with Crippen LogP contribution in [0.2, 0.25) is 0 Å². The minimum atomic E-state index is -0.503. The molecule has 2 aromatic heterocycles. The molecule has 12 heteroatoms. The Kier molecular flexibility index (Phi) is 6.42. The van der Waals surface area contributed by atoms with E-state index in [1.165, 1.54) is 11.3 Å². The summed E-state index contributed by atoms with van der Waals surface area (Å²) in [5.41, 5.74) is 11.2. The first-order chi connectivity index (χ1) is 12.0. The van der Waals surface area contributed by atoms with Gasteiger partial charge in [-0.2, -0.15) is 4.99 Å². The fourth-order valence-electron chi connectivity index (χ4n) is 1.80. The van der Waals surface area contributed by atoms with Gasteiger partial charge in [-0.1, -0.05) is 0 Å². The molecule has 0 atom stereocenters. The Morgan fingerprint density at radius 2 is 2.28 bits per heavy atom. The van der Waals surface area contributed by atoms with Crippen molar-refractivity contribution in [2.75, 3.05) is 19.7 Å². The summed E-state index contributed by atoms with van der Waals surface area (Å²) in [4.78, 5) is 22.3. The van der Waals surface area contributed by atoms with Crippen LogP contribution in [0.5, 0.6) is 0 Å². The number of nitrogens with two attached hydrogens (primary N) is 2. The maximum absolute atomic E-state index is 10.6. The van der Waals surface area contributed by atoms with Crippen molar-refractivity contribution in [3.8, 4) is 11.5 Å². The number of aliphatic hydroxyl groups is 1. The number of furan rings is 1. The van der Waals surface area contributed by atoms with Gasteiger partial charge in [0.1, 0.15) is 11.5 Å². The van der Waals surface area contributed by atoms with Crippen LogP contribution in [0.3, 0.4) is 0 Å². The third kappa shape index (κ3) is 5.86. The lowest BCUT2D eigenvalue weighted by Crippen LogP contribution is -2.32. The smallest absolute Gasteiger partial charge is 0.259 e. The van der Waals surface area contributed by atoms with Crippen molar-refractivity contribution in [3.63, 3.8) is 0 Å². The van der Waals surface area contributed by atoms with Crippen molar-refractivity contribution >= 4 is 28.3 Å². The van der Waals surface area contributed by atoms with Gasteiger partial charge in [0.15, 0.2) is 17.6 Å². The van der Waals surface area contributed by atoms with E-state index in [-0.39, 0.29) is 31.5 Å². The first-order valence-corrected chi connectivity index (χ1v) is 8.00. The number of amidine groups is 1. The fraction of sp³-hybridized carbons (Fsp3) is 0.308. The lowest BCUT2D eigenvalue weighted by molar-refractivity contribution is -0.463. The molecule has 25 heavy (non-hydrogen) atoms. The van der Waals surface area contributed by atoms with E-state index >= 15 is 0 Å².